The number of hydrogen-bond donors (Lipinski definition) is 3. The third-order valence-electron chi connectivity index (χ3n) is 4.78. The van der Waals surface area contributed by atoms with Gasteiger partial charge in [0, 0.05) is 17.4 Å². The summed E-state index contributed by atoms with van der Waals surface area (Å²) < 4.78 is 38.3. The maximum Gasteiger partial charge on any atom is 0.416 e. The zero-order valence-corrected chi connectivity index (χ0v) is 17.7. The number of alkyl halides is 3. The van der Waals surface area contributed by atoms with Crippen LogP contribution in [0.3, 0.4) is 0 Å². The number of nitrogens with one attached hydrogen (secondary N) is 1. The molecule has 0 unspecified atom stereocenters. The zero-order chi connectivity index (χ0) is 25.0. The van der Waals surface area contributed by atoms with Gasteiger partial charge in [-0.15, -0.1) is 10.2 Å². The maximum absolute atomic E-state index is 12.8. The number of hydrogen-bond acceptors (Lipinski definition) is 7. The summed E-state index contributed by atoms with van der Waals surface area (Å²) in [6, 6.07) is 16.7. The average Bonchev–Trinajstić information content (AvgIpc) is 2.83. The number of anilines is 2. The molecule has 4 rings (SSSR count). The summed E-state index contributed by atoms with van der Waals surface area (Å²) in [6.07, 6.45) is -2.95. The largest absolute Gasteiger partial charge is 0.508 e. The van der Waals surface area contributed by atoms with Crippen molar-refractivity contribution in [1.29, 1.82) is 0 Å². The minimum Gasteiger partial charge on any atom is -0.508 e. The van der Waals surface area contributed by atoms with E-state index >= 15 is 0 Å². The van der Waals surface area contributed by atoms with Crippen LogP contribution < -0.4 is 5.32 Å². The topological polar surface area (TPSA) is 120 Å². The molecule has 0 atom stereocenters. The van der Waals surface area contributed by atoms with Gasteiger partial charge in [-0.1, -0.05) is 18.2 Å². The third-order valence-corrected chi connectivity index (χ3v) is 4.78. The van der Waals surface area contributed by atoms with Gasteiger partial charge in [-0.25, -0.2) is 14.8 Å². The quantitative estimate of drug-likeness (QED) is 0.264. The van der Waals surface area contributed by atoms with E-state index in [4.69, 9.17) is 0 Å². The zero-order valence-electron chi connectivity index (χ0n) is 17.7. The molecule has 0 aliphatic rings. The Morgan fingerprint density at radius 2 is 1.63 bits per heavy atom. The van der Waals surface area contributed by atoms with Gasteiger partial charge in [-0.2, -0.15) is 13.2 Å². The Morgan fingerprint density at radius 1 is 0.914 bits per heavy atom. The number of nitrogens with zero attached hydrogens (tertiary/aromatic N) is 4. The molecule has 3 N–H and O–H groups in total. The molecule has 0 aliphatic carbocycles. The second-order valence-electron chi connectivity index (χ2n) is 7.19. The molecule has 11 heteroatoms. The Bertz CT molecular complexity index is 1410. The maximum atomic E-state index is 12.8. The van der Waals surface area contributed by atoms with Gasteiger partial charge in [0.25, 0.3) is 0 Å². The van der Waals surface area contributed by atoms with Crippen LogP contribution in [-0.2, 0) is 6.18 Å². The molecular weight excluding hydrogens is 463 g/mol. The van der Waals surface area contributed by atoms with E-state index in [1.165, 1.54) is 30.5 Å². The second-order valence-corrected chi connectivity index (χ2v) is 7.19. The molecule has 0 bridgehead atoms. The number of halogens is 3. The summed E-state index contributed by atoms with van der Waals surface area (Å²) in [4.78, 5) is 20.0. The van der Waals surface area contributed by atoms with Crippen molar-refractivity contribution in [3.8, 4) is 17.0 Å². The first kappa shape index (κ1) is 23.4. The van der Waals surface area contributed by atoms with Gasteiger partial charge in [0.15, 0.2) is 0 Å². The Kier molecular flexibility index (Phi) is 6.40. The fraction of sp³-hybridized carbons (Fsp3) is 0.0417. The Labute approximate surface area is 196 Å². The predicted molar refractivity (Wildman–Crippen MR) is 121 cm³/mol. The number of phenolic OH excluding ortho intramolecular Hbond substituents is 1. The van der Waals surface area contributed by atoms with Crippen molar-refractivity contribution in [2.24, 2.45) is 10.2 Å². The molecular formula is C24H16F3N5O3. The number of carboxylic acids is 1. The van der Waals surface area contributed by atoms with Crippen LogP contribution in [0.5, 0.6) is 5.75 Å². The van der Waals surface area contributed by atoms with Crippen LogP contribution >= 0.6 is 0 Å². The van der Waals surface area contributed by atoms with Gasteiger partial charge in [-0.05, 0) is 54.6 Å². The van der Waals surface area contributed by atoms with E-state index in [1.54, 1.807) is 30.3 Å². The van der Waals surface area contributed by atoms with E-state index in [0.717, 1.165) is 18.2 Å². The summed E-state index contributed by atoms with van der Waals surface area (Å²) in [5.41, 5.74) is 0.844. The highest BCUT2D eigenvalue weighted by Crippen LogP contribution is 2.33. The van der Waals surface area contributed by atoms with Crippen LogP contribution in [0, 0.1) is 0 Å². The highest BCUT2D eigenvalue weighted by molar-refractivity contribution is 5.93. The lowest BCUT2D eigenvalue weighted by atomic mass is 10.1. The van der Waals surface area contributed by atoms with Crippen molar-refractivity contribution in [2.75, 3.05) is 5.32 Å². The summed E-state index contributed by atoms with van der Waals surface area (Å²) >= 11 is 0. The lowest BCUT2D eigenvalue weighted by molar-refractivity contribution is -0.137. The fourth-order valence-corrected chi connectivity index (χ4v) is 3.11. The van der Waals surface area contributed by atoms with Crippen LogP contribution in [0.4, 0.5) is 36.2 Å². The second kappa shape index (κ2) is 9.59. The van der Waals surface area contributed by atoms with Crippen molar-refractivity contribution in [2.45, 2.75) is 6.18 Å². The predicted octanol–water partition coefficient (Wildman–Crippen LogP) is 6.73. The molecule has 0 aliphatic heterocycles. The number of carbonyl (C=O) groups is 1. The number of aromatic nitrogens is 2. The molecule has 3 aromatic carbocycles. The molecule has 176 valence electrons. The van der Waals surface area contributed by atoms with Crippen LogP contribution in [0.1, 0.15) is 15.9 Å². The molecule has 4 aromatic rings. The number of rotatable bonds is 6. The Morgan fingerprint density at radius 3 is 2.34 bits per heavy atom. The Hall–Kier alpha value is -4.80. The molecule has 0 radical (unpaired) electrons. The monoisotopic (exact) mass is 479 g/mol. The minimum atomic E-state index is -4.43. The van der Waals surface area contributed by atoms with Gasteiger partial charge in [0.2, 0.25) is 5.95 Å². The van der Waals surface area contributed by atoms with Crippen molar-refractivity contribution in [1.82, 2.24) is 9.97 Å². The van der Waals surface area contributed by atoms with E-state index in [-0.39, 0.29) is 22.9 Å². The smallest absolute Gasteiger partial charge is 0.416 e. The van der Waals surface area contributed by atoms with Crippen LogP contribution in [0.2, 0.25) is 0 Å². The first-order valence-corrected chi connectivity index (χ1v) is 10.1. The van der Waals surface area contributed by atoms with E-state index in [0.29, 0.717) is 22.6 Å². The first-order valence-electron chi connectivity index (χ1n) is 10.1. The van der Waals surface area contributed by atoms with Crippen LogP contribution in [-0.4, -0.2) is 26.2 Å². The van der Waals surface area contributed by atoms with Crippen molar-refractivity contribution in [3.05, 3.63) is 90.1 Å². The molecule has 1 heterocycles. The van der Waals surface area contributed by atoms with Crippen molar-refractivity contribution < 1.29 is 28.2 Å². The number of benzene rings is 3. The summed E-state index contributed by atoms with van der Waals surface area (Å²) in [7, 11) is 0. The standard InChI is InChI=1S/C24H16F3N5O3/c25-24(26,27)14-5-7-15(8-6-14)29-23-28-12-11-19(30-23)17-3-1-2-4-20(17)31-32-21-10-9-16(33)13-18(21)22(34)35/h1-13,33H,(H,34,35)(H,28,29,30)/b32-31+. The number of aromatic carboxylic acids is 1. The van der Waals surface area contributed by atoms with E-state index in [1.807, 2.05) is 0 Å². The average molecular weight is 479 g/mol. The molecule has 0 fully saturated rings. The minimum absolute atomic E-state index is 0.0532. The molecule has 0 saturated heterocycles. The summed E-state index contributed by atoms with van der Waals surface area (Å²) in [5.74, 6) is -1.32. The summed E-state index contributed by atoms with van der Waals surface area (Å²) in [6.45, 7) is 0. The molecule has 0 saturated carbocycles. The normalized spacial score (nSPS) is 11.5. The third kappa shape index (κ3) is 5.58. The molecule has 8 nitrogen and oxygen atoms in total. The molecule has 0 spiro atoms. The number of phenols is 1. The molecule has 35 heavy (non-hydrogen) atoms. The number of azo groups is 1. The summed E-state index contributed by atoms with van der Waals surface area (Å²) in [5, 5.41) is 29.9. The highest BCUT2D eigenvalue weighted by atomic mass is 19.4. The lowest BCUT2D eigenvalue weighted by Gasteiger charge is -2.10. The highest BCUT2D eigenvalue weighted by Gasteiger charge is 2.29. The van der Waals surface area contributed by atoms with Crippen LogP contribution in [0.25, 0.3) is 11.3 Å². The van der Waals surface area contributed by atoms with Crippen LogP contribution in [0.15, 0.2) is 89.2 Å². The van der Waals surface area contributed by atoms with Crippen molar-refractivity contribution >= 4 is 29.0 Å². The van der Waals surface area contributed by atoms with Gasteiger partial charge >= 0.3 is 12.1 Å². The van der Waals surface area contributed by atoms with Crippen molar-refractivity contribution in [3.63, 3.8) is 0 Å². The Balaban J connectivity index is 1.61. The van der Waals surface area contributed by atoms with E-state index in [9.17, 15) is 28.2 Å². The molecule has 0 amide bonds. The van der Waals surface area contributed by atoms with Gasteiger partial charge in [-0.3, -0.25) is 0 Å². The number of aromatic hydroxyl groups is 1. The lowest BCUT2D eigenvalue weighted by Crippen LogP contribution is -2.04. The SMILES string of the molecule is O=C(O)c1cc(O)ccc1/N=N/c1ccccc1-c1ccnc(Nc2ccc(C(F)(F)F)cc2)n1. The van der Waals surface area contributed by atoms with Gasteiger partial charge < -0.3 is 15.5 Å². The fourth-order valence-electron chi connectivity index (χ4n) is 3.11. The van der Waals surface area contributed by atoms with Gasteiger partial charge in [0.05, 0.1) is 22.5 Å². The first-order chi connectivity index (χ1) is 16.7. The molecule has 1 aromatic heterocycles. The number of carboxylic acid groups (broad SMARTS) is 1. The van der Waals surface area contributed by atoms with E-state index in [2.05, 4.69) is 25.5 Å². The van der Waals surface area contributed by atoms with E-state index < -0.39 is 17.7 Å². The van der Waals surface area contributed by atoms with Gasteiger partial charge in [0.1, 0.15) is 11.4 Å².